The molecule has 1 aliphatic rings. The minimum atomic E-state index is 0.831. The number of aliphatic imine (C=N–C) groups is 1. The summed E-state index contributed by atoms with van der Waals surface area (Å²) in [6.45, 7) is 11.8. The second kappa shape index (κ2) is 11.4. The Hall–Kier alpha value is -1.18. The van der Waals surface area contributed by atoms with Gasteiger partial charge in [0.25, 0.3) is 0 Å². The number of nitrogens with one attached hydrogen (secondary N) is 2. The van der Waals surface area contributed by atoms with Crippen LogP contribution in [0.5, 0.6) is 0 Å². The van der Waals surface area contributed by atoms with Crippen LogP contribution in [0.4, 0.5) is 0 Å². The highest BCUT2D eigenvalue weighted by Gasteiger charge is 2.09. The van der Waals surface area contributed by atoms with E-state index in [0.717, 1.165) is 83.4 Å². The molecule has 0 spiro atoms. The Morgan fingerprint density at radius 1 is 1.33 bits per heavy atom. The highest BCUT2D eigenvalue weighted by Crippen LogP contribution is 2.10. The molecule has 24 heavy (non-hydrogen) atoms. The van der Waals surface area contributed by atoms with E-state index in [-0.39, 0.29) is 0 Å². The van der Waals surface area contributed by atoms with Crippen LogP contribution in [-0.4, -0.2) is 68.3 Å². The van der Waals surface area contributed by atoms with Gasteiger partial charge in [-0.1, -0.05) is 0 Å². The number of aryl methyl sites for hydroxylation is 2. The molecule has 0 radical (unpaired) electrons. The third-order valence-corrected chi connectivity index (χ3v) is 4.90. The van der Waals surface area contributed by atoms with Gasteiger partial charge in [-0.25, -0.2) is 4.98 Å². The molecule has 1 aromatic heterocycles. The van der Waals surface area contributed by atoms with Crippen molar-refractivity contribution in [2.45, 2.75) is 33.1 Å². The lowest BCUT2D eigenvalue weighted by Crippen LogP contribution is -2.40. The van der Waals surface area contributed by atoms with E-state index in [1.54, 1.807) is 11.3 Å². The van der Waals surface area contributed by atoms with Crippen molar-refractivity contribution >= 4 is 17.3 Å². The van der Waals surface area contributed by atoms with E-state index in [2.05, 4.69) is 37.8 Å². The highest BCUT2D eigenvalue weighted by atomic mass is 32.1. The van der Waals surface area contributed by atoms with Crippen LogP contribution in [0.3, 0.4) is 0 Å². The Bertz CT molecular complexity index is 485. The number of ether oxygens (including phenoxy) is 1. The van der Waals surface area contributed by atoms with Gasteiger partial charge in [-0.15, -0.1) is 11.3 Å². The normalized spacial score (nSPS) is 16.3. The molecule has 1 aliphatic heterocycles. The van der Waals surface area contributed by atoms with Crippen LogP contribution in [0.15, 0.2) is 10.4 Å². The van der Waals surface area contributed by atoms with Crippen molar-refractivity contribution in [3.63, 3.8) is 0 Å². The molecule has 0 aromatic carbocycles. The molecule has 0 bridgehead atoms. The summed E-state index contributed by atoms with van der Waals surface area (Å²) in [5.41, 5.74) is 1.12. The van der Waals surface area contributed by atoms with Gasteiger partial charge in [0.15, 0.2) is 5.96 Å². The monoisotopic (exact) mass is 353 g/mol. The number of nitrogens with zero attached hydrogens (tertiary/aromatic N) is 3. The van der Waals surface area contributed by atoms with E-state index in [9.17, 15) is 0 Å². The summed E-state index contributed by atoms with van der Waals surface area (Å²) in [4.78, 5) is 11.6. The zero-order chi connectivity index (χ0) is 17.0. The molecule has 136 valence electrons. The lowest BCUT2D eigenvalue weighted by molar-refractivity contribution is 0.0376. The SMILES string of the molecule is CCNC(=NCCCc1nc(C)cs1)NCCCN1CCOCC1. The minimum absolute atomic E-state index is 0.831. The second-order valence-corrected chi connectivity index (χ2v) is 6.92. The van der Waals surface area contributed by atoms with Crippen LogP contribution >= 0.6 is 11.3 Å². The first-order valence-electron chi connectivity index (χ1n) is 9.01. The maximum Gasteiger partial charge on any atom is 0.191 e. The summed E-state index contributed by atoms with van der Waals surface area (Å²) >= 11 is 1.74. The van der Waals surface area contributed by atoms with Gasteiger partial charge < -0.3 is 15.4 Å². The lowest BCUT2D eigenvalue weighted by Gasteiger charge is -2.26. The fourth-order valence-electron chi connectivity index (χ4n) is 2.61. The molecule has 0 unspecified atom stereocenters. The van der Waals surface area contributed by atoms with Crippen molar-refractivity contribution in [1.82, 2.24) is 20.5 Å². The number of guanidine groups is 1. The molecule has 2 heterocycles. The number of morpholine rings is 1. The molecule has 0 saturated carbocycles. The van der Waals surface area contributed by atoms with Crippen molar-refractivity contribution in [2.75, 3.05) is 52.5 Å². The molecule has 1 fully saturated rings. The Balaban J connectivity index is 1.60. The van der Waals surface area contributed by atoms with Gasteiger partial charge in [-0.05, 0) is 33.2 Å². The fourth-order valence-corrected chi connectivity index (χ4v) is 3.43. The minimum Gasteiger partial charge on any atom is -0.379 e. The molecular weight excluding hydrogens is 322 g/mol. The van der Waals surface area contributed by atoms with Crippen molar-refractivity contribution in [1.29, 1.82) is 0 Å². The quantitative estimate of drug-likeness (QED) is 0.402. The van der Waals surface area contributed by atoms with E-state index in [0.29, 0.717) is 0 Å². The summed E-state index contributed by atoms with van der Waals surface area (Å²) in [6, 6.07) is 0. The smallest absolute Gasteiger partial charge is 0.191 e. The number of thiazole rings is 1. The van der Waals surface area contributed by atoms with Gasteiger partial charge in [0.1, 0.15) is 0 Å². The van der Waals surface area contributed by atoms with E-state index in [1.165, 1.54) is 5.01 Å². The molecule has 1 aromatic rings. The van der Waals surface area contributed by atoms with Crippen molar-refractivity contribution in [3.05, 3.63) is 16.1 Å². The maximum atomic E-state index is 5.37. The van der Waals surface area contributed by atoms with E-state index in [4.69, 9.17) is 4.74 Å². The number of aromatic nitrogens is 1. The van der Waals surface area contributed by atoms with E-state index in [1.807, 2.05) is 6.92 Å². The summed E-state index contributed by atoms with van der Waals surface area (Å²) in [6.07, 6.45) is 3.18. The van der Waals surface area contributed by atoms with Crippen LogP contribution in [-0.2, 0) is 11.2 Å². The number of hydrogen-bond acceptors (Lipinski definition) is 5. The van der Waals surface area contributed by atoms with Gasteiger partial charge in [-0.2, -0.15) is 0 Å². The predicted molar refractivity (Wildman–Crippen MR) is 101 cm³/mol. The van der Waals surface area contributed by atoms with Crippen LogP contribution in [0.2, 0.25) is 0 Å². The molecule has 0 amide bonds. The van der Waals surface area contributed by atoms with Gasteiger partial charge >= 0.3 is 0 Å². The average molecular weight is 354 g/mol. The van der Waals surface area contributed by atoms with Gasteiger partial charge in [0, 0.05) is 50.2 Å². The molecule has 2 rings (SSSR count). The Morgan fingerprint density at radius 2 is 2.17 bits per heavy atom. The van der Waals surface area contributed by atoms with Gasteiger partial charge in [0.2, 0.25) is 0 Å². The molecule has 2 N–H and O–H groups in total. The molecule has 6 nitrogen and oxygen atoms in total. The van der Waals surface area contributed by atoms with Gasteiger partial charge in [0.05, 0.1) is 18.2 Å². The van der Waals surface area contributed by atoms with E-state index < -0.39 is 0 Å². The number of hydrogen-bond donors (Lipinski definition) is 2. The molecule has 0 aliphatic carbocycles. The zero-order valence-electron chi connectivity index (χ0n) is 15.0. The van der Waals surface area contributed by atoms with Crippen molar-refractivity contribution < 1.29 is 4.74 Å². The first-order valence-corrected chi connectivity index (χ1v) is 9.89. The van der Waals surface area contributed by atoms with E-state index >= 15 is 0 Å². The van der Waals surface area contributed by atoms with Crippen molar-refractivity contribution in [3.8, 4) is 0 Å². The average Bonchev–Trinajstić information content (AvgIpc) is 3.01. The maximum absolute atomic E-state index is 5.37. The standard InChI is InChI=1S/C17H31N5OS/c1-3-18-17(19-7-4-6-16-21-15(2)14-24-16)20-8-5-9-22-10-12-23-13-11-22/h14H,3-13H2,1-2H3,(H2,18,19,20). The molecule has 0 atom stereocenters. The Morgan fingerprint density at radius 3 is 2.88 bits per heavy atom. The summed E-state index contributed by atoms with van der Waals surface area (Å²) in [5, 5.41) is 10.1. The van der Waals surface area contributed by atoms with Crippen LogP contribution in [0, 0.1) is 6.92 Å². The van der Waals surface area contributed by atoms with Gasteiger partial charge in [-0.3, -0.25) is 9.89 Å². The second-order valence-electron chi connectivity index (χ2n) is 5.98. The van der Waals surface area contributed by atoms with Crippen LogP contribution < -0.4 is 10.6 Å². The fraction of sp³-hybridized carbons (Fsp3) is 0.765. The lowest BCUT2D eigenvalue weighted by atomic mass is 10.3. The summed E-state index contributed by atoms with van der Waals surface area (Å²) in [7, 11) is 0. The molecule has 7 heteroatoms. The largest absolute Gasteiger partial charge is 0.379 e. The zero-order valence-corrected chi connectivity index (χ0v) is 15.8. The summed E-state index contributed by atoms with van der Waals surface area (Å²) in [5.74, 6) is 0.926. The van der Waals surface area contributed by atoms with Crippen LogP contribution in [0.1, 0.15) is 30.5 Å². The highest BCUT2D eigenvalue weighted by molar-refractivity contribution is 7.09. The predicted octanol–water partition coefficient (Wildman–Crippen LogP) is 1.66. The first-order chi connectivity index (χ1) is 11.8. The molecule has 1 saturated heterocycles. The third kappa shape index (κ3) is 7.59. The van der Waals surface area contributed by atoms with Crippen molar-refractivity contribution in [2.24, 2.45) is 4.99 Å². The first kappa shape index (κ1) is 19.1. The third-order valence-electron chi connectivity index (χ3n) is 3.88. The number of rotatable bonds is 9. The van der Waals surface area contributed by atoms with Crippen LogP contribution in [0.25, 0.3) is 0 Å². The Labute approximate surface area is 149 Å². The topological polar surface area (TPSA) is 61.8 Å². The Kier molecular flexibility index (Phi) is 9.09. The summed E-state index contributed by atoms with van der Waals surface area (Å²) < 4.78 is 5.37. The molecular formula is C17H31N5OS.